The summed E-state index contributed by atoms with van der Waals surface area (Å²) in [5.41, 5.74) is 14.8. The van der Waals surface area contributed by atoms with Crippen LogP contribution < -0.4 is 11.5 Å². The van der Waals surface area contributed by atoms with Gasteiger partial charge in [-0.15, -0.1) is 11.3 Å². The van der Waals surface area contributed by atoms with Crippen molar-refractivity contribution in [1.82, 2.24) is 4.57 Å². The van der Waals surface area contributed by atoms with E-state index in [1.54, 1.807) is 18.2 Å². The molecule has 0 radical (unpaired) electrons. The maximum Gasteiger partial charge on any atom is 0.303 e. The first-order chi connectivity index (χ1) is 12.9. The quantitative estimate of drug-likeness (QED) is 0.561. The number of halogens is 1. The summed E-state index contributed by atoms with van der Waals surface area (Å²) in [6.45, 7) is 0.199. The van der Waals surface area contributed by atoms with Crippen LogP contribution >= 0.6 is 22.9 Å². The molecule has 2 aromatic heterocycles. The summed E-state index contributed by atoms with van der Waals surface area (Å²) in [6.07, 6.45) is 0.346. The third kappa shape index (κ3) is 3.90. The summed E-state index contributed by atoms with van der Waals surface area (Å²) in [5.74, 6) is -1.40. The molecule has 8 heteroatoms. The lowest BCUT2D eigenvalue weighted by Crippen LogP contribution is -2.14. The van der Waals surface area contributed by atoms with E-state index < -0.39 is 11.9 Å². The maximum absolute atomic E-state index is 11.5. The first-order valence-corrected chi connectivity index (χ1v) is 9.47. The predicted molar refractivity (Wildman–Crippen MR) is 106 cm³/mol. The van der Waals surface area contributed by atoms with Gasteiger partial charge in [0.2, 0.25) is 5.91 Å². The molecule has 1 aromatic carbocycles. The molecule has 140 valence electrons. The van der Waals surface area contributed by atoms with E-state index in [1.807, 2.05) is 28.1 Å². The number of carbonyl (C=O) groups is 2. The zero-order valence-electron chi connectivity index (χ0n) is 14.3. The number of hydrogen-bond donors (Lipinski definition) is 3. The van der Waals surface area contributed by atoms with Gasteiger partial charge in [-0.25, -0.2) is 0 Å². The van der Waals surface area contributed by atoms with E-state index in [9.17, 15) is 9.59 Å². The van der Waals surface area contributed by atoms with Crippen LogP contribution in [0, 0.1) is 0 Å². The van der Waals surface area contributed by atoms with E-state index in [4.69, 9.17) is 28.2 Å². The van der Waals surface area contributed by atoms with Crippen molar-refractivity contribution in [1.29, 1.82) is 0 Å². The smallest absolute Gasteiger partial charge is 0.303 e. The molecule has 0 aliphatic rings. The van der Waals surface area contributed by atoms with Crippen LogP contribution in [-0.4, -0.2) is 21.6 Å². The first kappa shape index (κ1) is 19.2. The molecule has 27 heavy (non-hydrogen) atoms. The highest BCUT2D eigenvalue weighted by molar-refractivity contribution is 7.14. The van der Waals surface area contributed by atoms with Gasteiger partial charge < -0.3 is 21.1 Å². The summed E-state index contributed by atoms with van der Waals surface area (Å²) in [4.78, 5) is 23.4. The fourth-order valence-corrected chi connectivity index (χ4v) is 4.14. The fraction of sp³-hybridized carbons (Fsp3) is 0.158. The van der Waals surface area contributed by atoms with Crippen molar-refractivity contribution >= 4 is 34.8 Å². The van der Waals surface area contributed by atoms with Crippen molar-refractivity contribution in [3.05, 3.63) is 63.6 Å². The molecule has 5 N–H and O–H groups in total. The Morgan fingerprint density at radius 1 is 1.19 bits per heavy atom. The number of nitrogens with zero attached hydrogens (tertiary/aromatic N) is 1. The molecule has 3 rings (SSSR count). The van der Waals surface area contributed by atoms with Crippen LogP contribution in [0.2, 0.25) is 5.02 Å². The van der Waals surface area contributed by atoms with E-state index in [0.717, 1.165) is 27.5 Å². The summed E-state index contributed by atoms with van der Waals surface area (Å²) in [6, 6.07) is 10.7. The molecule has 0 unspecified atom stereocenters. The summed E-state index contributed by atoms with van der Waals surface area (Å²) < 4.78 is 1.95. The van der Waals surface area contributed by atoms with Crippen LogP contribution in [0.1, 0.15) is 28.0 Å². The average Bonchev–Trinajstić information content (AvgIpc) is 3.24. The van der Waals surface area contributed by atoms with E-state index in [-0.39, 0.29) is 13.0 Å². The Bertz CT molecular complexity index is 1010. The van der Waals surface area contributed by atoms with Crippen molar-refractivity contribution in [2.75, 3.05) is 0 Å². The predicted octanol–water partition coefficient (Wildman–Crippen LogP) is 3.43. The molecule has 0 bridgehead atoms. The Balaban J connectivity index is 2.20. The van der Waals surface area contributed by atoms with Gasteiger partial charge in [0, 0.05) is 17.8 Å². The summed E-state index contributed by atoms with van der Waals surface area (Å²) in [7, 11) is 0. The van der Waals surface area contributed by atoms with Gasteiger partial charge in [0.15, 0.2) is 0 Å². The van der Waals surface area contributed by atoms with Gasteiger partial charge in [-0.05, 0) is 53.8 Å². The van der Waals surface area contributed by atoms with Gasteiger partial charge in [0.05, 0.1) is 27.7 Å². The van der Waals surface area contributed by atoms with Gasteiger partial charge in [0.1, 0.15) is 0 Å². The molecular formula is C19H18ClN3O3S. The molecule has 0 spiro atoms. The van der Waals surface area contributed by atoms with Crippen molar-refractivity contribution in [2.45, 2.75) is 19.4 Å². The number of thiophene rings is 1. The van der Waals surface area contributed by atoms with Crippen molar-refractivity contribution in [3.63, 3.8) is 0 Å². The Labute approximate surface area is 165 Å². The molecule has 1 amide bonds. The minimum atomic E-state index is -0.874. The number of benzene rings is 1. The number of aliphatic carboxylic acids is 1. The lowest BCUT2D eigenvalue weighted by Gasteiger charge is -2.17. The lowest BCUT2D eigenvalue weighted by atomic mass is 10.1. The van der Waals surface area contributed by atoms with E-state index in [1.165, 1.54) is 11.3 Å². The third-order valence-corrected chi connectivity index (χ3v) is 5.60. The highest BCUT2D eigenvalue weighted by atomic mass is 35.5. The molecule has 0 aliphatic carbocycles. The average molecular weight is 404 g/mol. The molecule has 6 nitrogen and oxygen atoms in total. The number of rotatable bonds is 7. The highest BCUT2D eigenvalue weighted by Crippen LogP contribution is 2.37. The van der Waals surface area contributed by atoms with Crippen molar-refractivity contribution in [3.8, 4) is 16.3 Å². The molecule has 0 fully saturated rings. The lowest BCUT2D eigenvalue weighted by molar-refractivity contribution is -0.136. The van der Waals surface area contributed by atoms with Crippen LogP contribution in [0.25, 0.3) is 16.3 Å². The number of aromatic nitrogens is 1. The van der Waals surface area contributed by atoms with E-state index in [0.29, 0.717) is 17.0 Å². The topological polar surface area (TPSA) is 111 Å². The first-order valence-electron chi connectivity index (χ1n) is 8.21. The summed E-state index contributed by atoms with van der Waals surface area (Å²) >= 11 is 7.82. The Morgan fingerprint density at radius 2 is 1.96 bits per heavy atom. The molecule has 0 saturated heterocycles. The third-order valence-electron chi connectivity index (χ3n) is 4.23. The molecule has 3 aromatic rings. The van der Waals surface area contributed by atoms with Gasteiger partial charge in [-0.2, -0.15) is 0 Å². The number of aryl methyl sites for hydroxylation is 1. The second kappa shape index (κ2) is 7.96. The van der Waals surface area contributed by atoms with Crippen molar-refractivity contribution < 1.29 is 14.7 Å². The molecule has 0 atom stereocenters. The Morgan fingerprint density at radius 3 is 2.56 bits per heavy atom. The van der Waals surface area contributed by atoms with Gasteiger partial charge in [-0.3, -0.25) is 9.59 Å². The van der Waals surface area contributed by atoms with Gasteiger partial charge >= 0.3 is 5.97 Å². The standard InChI is InChI=1S/C19H18ClN3O3S/c20-14-7-8-27-18(14)16-5-2-13(3-6-17(24)25)23(16)15-4-1-11(19(22)26)9-12(15)10-21/h1-2,4-5,7-9H,3,6,10,21H2,(H2,22,26)(H,24,25). The molecular weight excluding hydrogens is 386 g/mol. The van der Waals surface area contributed by atoms with Gasteiger partial charge in [-0.1, -0.05) is 11.6 Å². The minimum Gasteiger partial charge on any atom is -0.481 e. The van der Waals surface area contributed by atoms with Crippen LogP contribution in [0.4, 0.5) is 0 Å². The maximum atomic E-state index is 11.5. The monoisotopic (exact) mass is 403 g/mol. The summed E-state index contributed by atoms with van der Waals surface area (Å²) in [5, 5.41) is 11.6. The minimum absolute atomic E-state index is 0.00104. The normalized spacial score (nSPS) is 10.9. The number of amides is 1. The molecule has 2 heterocycles. The highest BCUT2D eigenvalue weighted by Gasteiger charge is 2.18. The number of carbonyl (C=O) groups excluding carboxylic acids is 1. The number of primary amides is 1. The fourth-order valence-electron chi connectivity index (χ4n) is 2.97. The van der Waals surface area contributed by atoms with E-state index >= 15 is 0 Å². The van der Waals surface area contributed by atoms with Crippen LogP contribution in [0.15, 0.2) is 41.8 Å². The van der Waals surface area contributed by atoms with Crippen LogP contribution in [0.3, 0.4) is 0 Å². The Hall–Kier alpha value is -2.61. The van der Waals surface area contributed by atoms with Crippen LogP contribution in [-0.2, 0) is 17.8 Å². The largest absolute Gasteiger partial charge is 0.481 e. The Kier molecular flexibility index (Phi) is 5.65. The zero-order chi connectivity index (χ0) is 19.6. The number of nitrogens with two attached hydrogens (primary N) is 2. The van der Waals surface area contributed by atoms with E-state index in [2.05, 4.69) is 0 Å². The second-order valence-electron chi connectivity index (χ2n) is 5.95. The molecule has 0 saturated carbocycles. The SMILES string of the molecule is NCc1cc(C(N)=O)ccc1-n1c(CCC(=O)O)ccc1-c1sccc1Cl. The number of carboxylic acids is 1. The van der Waals surface area contributed by atoms with Crippen LogP contribution in [0.5, 0.6) is 0 Å². The molecule has 0 aliphatic heterocycles. The number of carboxylic acid groups (broad SMARTS) is 1. The van der Waals surface area contributed by atoms with Crippen molar-refractivity contribution in [2.24, 2.45) is 11.5 Å². The second-order valence-corrected chi connectivity index (χ2v) is 7.27. The number of hydrogen-bond acceptors (Lipinski definition) is 4. The zero-order valence-corrected chi connectivity index (χ0v) is 15.9. The van der Waals surface area contributed by atoms with Gasteiger partial charge in [0.25, 0.3) is 0 Å².